The molecule has 2 aromatic heterocycles. The number of carbonyl (C=O) groups is 1. The van der Waals surface area contributed by atoms with Gasteiger partial charge in [-0.2, -0.15) is 13.9 Å². The minimum Gasteiger partial charge on any atom is -0.496 e. The Kier molecular flexibility index (Phi) is 6.11. The molecule has 1 aliphatic carbocycles. The number of carbonyl (C=O) groups excluding carboxylic acids is 1. The lowest BCUT2D eigenvalue weighted by Gasteiger charge is -2.23. The molecule has 33 heavy (non-hydrogen) atoms. The lowest BCUT2D eigenvalue weighted by Crippen LogP contribution is -2.32. The summed E-state index contributed by atoms with van der Waals surface area (Å²) in [6, 6.07) is 6.50. The number of nitrogens with one attached hydrogen (secondary N) is 1. The summed E-state index contributed by atoms with van der Waals surface area (Å²) in [5.41, 5.74) is 0.936. The number of hydrogen-bond donors (Lipinski definition) is 2. The number of hydrogen-bond acceptors (Lipinski definition) is 6. The minimum atomic E-state index is -3.11. The number of aliphatic hydroxyl groups excluding tert-OH is 1. The molecular formula is C23H25F2N3O5. The molecule has 4 rings (SSSR count). The van der Waals surface area contributed by atoms with Gasteiger partial charge in [-0.3, -0.25) is 4.79 Å². The number of fused-ring (bicyclic) bond motifs is 1. The second-order valence-corrected chi connectivity index (χ2v) is 8.45. The van der Waals surface area contributed by atoms with E-state index in [4.69, 9.17) is 14.2 Å². The molecule has 0 aliphatic heterocycles. The zero-order valence-corrected chi connectivity index (χ0v) is 18.5. The fourth-order valence-corrected chi connectivity index (χ4v) is 3.40. The second kappa shape index (κ2) is 8.86. The summed E-state index contributed by atoms with van der Waals surface area (Å²) < 4.78 is 43.8. The Morgan fingerprint density at radius 2 is 2.03 bits per heavy atom. The number of aliphatic hydroxyl groups is 1. The van der Waals surface area contributed by atoms with Gasteiger partial charge in [0.2, 0.25) is 0 Å². The van der Waals surface area contributed by atoms with Gasteiger partial charge >= 0.3 is 6.61 Å². The molecule has 1 aromatic carbocycles. The van der Waals surface area contributed by atoms with E-state index in [9.17, 15) is 18.7 Å². The molecule has 0 spiro atoms. The van der Waals surface area contributed by atoms with Crippen LogP contribution in [-0.4, -0.2) is 52.6 Å². The van der Waals surface area contributed by atoms with Crippen molar-refractivity contribution in [2.24, 2.45) is 0 Å². The molecule has 2 N–H and O–H groups in total. The maximum absolute atomic E-state index is 13.2. The van der Waals surface area contributed by atoms with Crippen molar-refractivity contribution in [2.75, 3.05) is 13.7 Å². The third kappa shape index (κ3) is 5.00. The molecule has 176 valence electrons. The molecule has 0 radical (unpaired) electrons. The van der Waals surface area contributed by atoms with Gasteiger partial charge in [0.1, 0.15) is 28.4 Å². The minimum absolute atomic E-state index is 0.0353. The Morgan fingerprint density at radius 1 is 1.30 bits per heavy atom. The van der Waals surface area contributed by atoms with Gasteiger partial charge in [-0.05, 0) is 56.5 Å². The van der Waals surface area contributed by atoms with E-state index < -0.39 is 18.1 Å². The molecule has 0 saturated heterocycles. The van der Waals surface area contributed by atoms with Gasteiger partial charge in [-0.15, -0.1) is 0 Å². The monoisotopic (exact) mass is 461 g/mol. The zero-order valence-electron chi connectivity index (χ0n) is 18.5. The van der Waals surface area contributed by atoms with E-state index in [-0.39, 0.29) is 29.7 Å². The van der Waals surface area contributed by atoms with Crippen LogP contribution in [-0.2, 0) is 0 Å². The summed E-state index contributed by atoms with van der Waals surface area (Å²) >= 11 is 0. The summed E-state index contributed by atoms with van der Waals surface area (Å²) in [6.45, 7) is 0.228. The van der Waals surface area contributed by atoms with E-state index in [1.807, 2.05) is 0 Å². The zero-order chi connectivity index (χ0) is 23.8. The normalized spacial score (nSPS) is 13.9. The molecule has 8 nitrogen and oxygen atoms in total. The van der Waals surface area contributed by atoms with Gasteiger partial charge in [0.25, 0.3) is 5.91 Å². The van der Waals surface area contributed by atoms with Crippen molar-refractivity contribution >= 4 is 11.4 Å². The van der Waals surface area contributed by atoms with Gasteiger partial charge in [0.15, 0.2) is 0 Å². The number of ether oxygens (including phenoxy) is 3. The van der Waals surface area contributed by atoms with Crippen molar-refractivity contribution in [3.05, 3.63) is 42.2 Å². The van der Waals surface area contributed by atoms with Crippen LogP contribution in [0.1, 0.15) is 37.0 Å². The van der Waals surface area contributed by atoms with E-state index in [0.29, 0.717) is 22.4 Å². The predicted octanol–water partition coefficient (Wildman–Crippen LogP) is 3.65. The van der Waals surface area contributed by atoms with Crippen LogP contribution in [0.15, 0.2) is 36.7 Å². The number of benzene rings is 1. The highest BCUT2D eigenvalue weighted by Crippen LogP contribution is 2.38. The first-order valence-corrected chi connectivity index (χ1v) is 10.5. The highest BCUT2D eigenvalue weighted by atomic mass is 19.3. The van der Waals surface area contributed by atoms with Crippen LogP contribution in [0.4, 0.5) is 8.78 Å². The lowest BCUT2D eigenvalue weighted by molar-refractivity contribution is -0.0502. The number of halogens is 2. The van der Waals surface area contributed by atoms with Crippen LogP contribution in [0.5, 0.6) is 17.2 Å². The Morgan fingerprint density at radius 3 is 2.67 bits per heavy atom. The average Bonchev–Trinajstić information content (AvgIpc) is 3.47. The van der Waals surface area contributed by atoms with Crippen LogP contribution < -0.4 is 19.5 Å². The van der Waals surface area contributed by atoms with Gasteiger partial charge in [0, 0.05) is 11.6 Å². The molecule has 3 aromatic rings. The van der Waals surface area contributed by atoms with Crippen molar-refractivity contribution < 1.29 is 32.9 Å². The van der Waals surface area contributed by atoms with E-state index in [2.05, 4.69) is 10.4 Å². The Labute approximate surface area is 189 Å². The van der Waals surface area contributed by atoms with E-state index in [1.165, 1.54) is 13.2 Å². The molecule has 1 fully saturated rings. The van der Waals surface area contributed by atoms with Crippen LogP contribution in [0.3, 0.4) is 0 Å². The molecule has 1 amide bonds. The van der Waals surface area contributed by atoms with Crippen molar-refractivity contribution in [3.63, 3.8) is 0 Å². The van der Waals surface area contributed by atoms with Crippen molar-refractivity contribution in [3.8, 4) is 28.4 Å². The third-order valence-electron chi connectivity index (χ3n) is 5.22. The van der Waals surface area contributed by atoms with Gasteiger partial charge in [-0.25, -0.2) is 4.52 Å². The highest BCUT2D eigenvalue weighted by Gasteiger charge is 2.29. The number of amides is 1. The number of methoxy groups -OCH3 is 1. The summed E-state index contributed by atoms with van der Waals surface area (Å²) in [5.74, 6) is -0.181. The van der Waals surface area contributed by atoms with Gasteiger partial charge in [0.05, 0.1) is 31.6 Å². The largest absolute Gasteiger partial charge is 0.496 e. The van der Waals surface area contributed by atoms with Crippen molar-refractivity contribution in [1.82, 2.24) is 14.9 Å². The lowest BCUT2D eigenvalue weighted by atomic mass is 10.0. The van der Waals surface area contributed by atoms with E-state index in [0.717, 1.165) is 12.8 Å². The van der Waals surface area contributed by atoms with Crippen LogP contribution >= 0.6 is 0 Å². The van der Waals surface area contributed by atoms with E-state index >= 15 is 0 Å². The molecular weight excluding hydrogens is 436 g/mol. The molecule has 0 bridgehead atoms. The Bertz CT molecular complexity index is 1170. The van der Waals surface area contributed by atoms with E-state index in [1.54, 1.807) is 49.0 Å². The smallest absolute Gasteiger partial charge is 0.387 e. The number of rotatable bonds is 9. The molecule has 0 atom stereocenters. The van der Waals surface area contributed by atoms with Crippen LogP contribution in [0, 0.1) is 0 Å². The fourth-order valence-electron chi connectivity index (χ4n) is 3.40. The first-order chi connectivity index (χ1) is 15.7. The van der Waals surface area contributed by atoms with Crippen molar-refractivity contribution in [1.29, 1.82) is 0 Å². The van der Waals surface area contributed by atoms with Gasteiger partial charge in [-0.1, -0.05) is 0 Å². The highest BCUT2D eigenvalue weighted by molar-refractivity contribution is 6.01. The number of alkyl halides is 2. The number of aromatic nitrogens is 2. The first kappa shape index (κ1) is 22.8. The van der Waals surface area contributed by atoms with Crippen LogP contribution in [0.2, 0.25) is 0 Å². The summed E-state index contributed by atoms with van der Waals surface area (Å²) in [4.78, 5) is 12.7. The standard InChI is InChI=1S/C23H25F2N3O5/c1-23(2,12-29)33-15-6-7-17-16(10-26-28(17)11-15)13-8-18(31-3)20(19(9-13)32-22(24)25)21(30)27-14-4-5-14/h6-11,14,22,29H,4-5,12H2,1-3H3,(H,27,30). The maximum Gasteiger partial charge on any atom is 0.387 e. The summed E-state index contributed by atoms with van der Waals surface area (Å²) in [6.07, 6.45) is 4.92. The van der Waals surface area contributed by atoms with Crippen molar-refractivity contribution in [2.45, 2.75) is 44.9 Å². The molecule has 1 aliphatic rings. The molecule has 1 saturated carbocycles. The number of nitrogens with zero attached hydrogens (tertiary/aromatic N) is 2. The van der Waals surface area contributed by atoms with Crippen LogP contribution in [0.25, 0.3) is 16.6 Å². The predicted molar refractivity (Wildman–Crippen MR) is 116 cm³/mol. The summed E-state index contributed by atoms with van der Waals surface area (Å²) in [7, 11) is 1.36. The molecule has 2 heterocycles. The molecule has 10 heteroatoms. The third-order valence-corrected chi connectivity index (χ3v) is 5.22. The number of pyridine rings is 1. The Balaban J connectivity index is 1.75. The molecule has 0 unspecified atom stereocenters. The van der Waals surface area contributed by atoms with Gasteiger partial charge < -0.3 is 24.6 Å². The maximum atomic E-state index is 13.2. The topological polar surface area (TPSA) is 94.3 Å². The fraction of sp³-hybridized carbons (Fsp3) is 0.391. The quantitative estimate of drug-likeness (QED) is 0.505. The average molecular weight is 461 g/mol. The second-order valence-electron chi connectivity index (χ2n) is 8.45. The first-order valence-electron chi connectivity index (χ1n) is 10.5. The Hall–Kier alpha value is -3.40. The SMILES string of the molecule is COc1cc(-c2cnn3cc(OC(C)(C)CO)ccc23)cc(OC(F)F)c1C(=O)NC1CC1. The summed E-state index contributed by atoms with van der Waals surface area (Å²) in [5, 5.41) is 16.5.